The normalized spacial score (nSPS) is 10.6. The topological polar surface area (TPSA) is 145 Å². The summed E-state index contributed by atoms with van der Waals surface area (Å²) in [7, 11) is 0. The largest absolute Gasteiger partial charge is 0.481 e. The number of imidazole rings is 1. The van der Waals surface area contributed by atoms with Crippen molar-refractivity contribution in [2.75, 3.05) is 5.32 Å². The second-order valence-corrected chi connectivity index (χ2v) is 5.75. The van der Waals surface area contributed by atoms with Crippen molar-refractivity contribution < 1.29 is 14.7 Å². The van der Waals surface area contributed by atoms with E-state index in [2.05, 4.69) is 15.3 Å². The molecule has 3 aromatic rings. The lowest BCUT2D eigenvalue weighted by Gasteiger charge is -2.06. The zero-order valence-corrected chi connectivity index (χ0v) is 13.7. The van der Waals surface area contributed by atoms with E-state index in [1.54, 1.807) is 42.5 Å². The lowest BCUT2D eigenvalue weighted by Crippen LogP contribution is -2.14. The van der Waals surface area contributed by atoms with Crippen LogP contribution in [0, 0.1) is 5.41 Å². The van der Waals surface area contributed by atoms with Crippen LogP contribution in [0.25, 0.3) is 11.0 Å². The summed E-state index contributed by atoms with van der Waals surface area (Å²) in [6.07, 6.45) is 0.313. The van der Waals surface area contributed by atoms with Gasteiger partial charge in [-0.2, -0.15) is 0 Å². The molecule has 8 heteroatoms. The fourth-order valence-electron chi connectivity index (χ4n) is 2.49. The predicted octanol–water partition coefficient (Wildman–Crippen LogP) is 2.12. The van der Waals surface area contributed by atoms with Crippen LogP contribution in [-0.4, -0.2) is 32.8 Å². The second kappa shape index (κ2) is 7.06. The number of aryl methyl sites for hydroxylation is 1. The average molecular weight is 351 g/mol. The summed E-state index contributed by atoms with van der Waals surface area (Å²) in [5.74, 6) is -0.634. The molecule has 0 unspecified atom stereocenters. The third kappa shape index (κ3) is 3.86. The van der Waals surface area contributed by atoms with Gasteiger partial charge in [0.25, 0.3) is 5.91 Å². The third-order valence-electron chi connectivity index (χ3n) is 3.82. The number of nitrogens with one attached hydrogen (secondary N) is 3. The number of benzene rings is 2. The van der Waals surface area contributed by atoms with Gasteiger partial charge in [0, 0.05) is 23.2 Å². The number of amides is 1. The van der Waals surface area contributed by atoms with Crippen LogP contribution >= 0.6 is 0 Å². The minimum atomic E-state index is -0.880. The molecule has 0 aliphatic rings. The maximum atomic E-state index is 12.3. The van der Waals surface area contributed by atoms with E-state index in [-0.39, 0.29) is 18.2 Å². The molecule has 132 valence electrons. The number of aromatic nitrogens is 2. The Labute approximate surface area is 148 Å². The van der Waals surface area contributed by atoms with Crippen molar-refractivity contribution in [1.82, 2.24) is 9.97 Å². The van der Waals surface area contributed by atoms with Gasteiger partial charge in [-0.25, -0.2) is 4.98 Å². The van der Waals surface area contributed by atoms with Crippen molar-refractivity contribution in [2.24, 2.45) is 5.73 Å². The summed E-state index contributed by atoms with van der Waals surface area (Å²) < 4.78 is 0. The molecule has 0 aliphatic carbocycles. The van der Waals surface area contributed by atoms with E-state index in [1.807, 2.05) is 0 Å². The first-order valence-electron chi connectivity index (χ1n) is 7.88. The first-order chi connectivity index (χ1) is 12.4. The maximum Gasteiger partial charge on any atom is 0.303 e. The first kappa shape index (κ1) is 17.2. The molecular weight excluding hydrogens is 334 g/mol. The molecule has 6 N–H and O–H groups in total. The van der Waals surface area contributed by atoms with E-state index in [0.717, 1.165) is 5.52 Å². The molecule has 0 fully saturated rings. The van der Waals surface area contributed by atoms with Crippen molar-refractivity contribution >= 4 is 34.4 Å². The Morgan fingerprint density at radius 2 is 1.85 bits per heavy atom. The zero-order chi connectivity index (χ0) is 18.7. The van der Waals surface area contributed by atoms with Crippen LogP contribution in [0.3, 0.4) is 0 Å². The van der Waals surface area contributed by atoms with Crippen molar-refractivity contribution in [3.8, 4) is 0 Å². The standard InChI is InChI=1S/C18H17N5O3/c19-17(20)10-1-3-11(4-2-10)18(26)21-12-5-6-13-14(9-12)23-15(22-13)7-8-16(24)25/h1-6,9H,7-8H2,(H3,19,20)(H,21,26)(H,22,23)(H,24,25). The van der Waals surface area contributed by atoms with Crippen LogP contribution in [0.5, 0.6) is 0 Å². The predicted molar refractivity (Wildman–Crippen MR) is 97.5 cm³/mol. The van der Waals surface area contributed by atoms with Crippen molar-refractivity contribution in [1.29, 1.82) is 5.41 Å². The van der Waals surface area contributed by atoms with Crippen LogP contribution in [0.1, 0.15) is 28.2 Å². The Hall–Kier alpha value is -3.68. The zero-order valence-electron chi connectivity index (χ0n) is 13.7. The number of aliphatic carboxylic acids is 1. The highest BCUT2D eigenvalue weighted by molar-refractivity contribution is 6.05. The maximum absolute atomic E-state index is 12.3. The van der Waals surface area contributed by atoms with Gasteiger partial charge in [-0.15, -0.1) is 0 Å². The van der Waals surface area contributed by atoms with Gasteiger partial charge in [0.2, 0.25) is 0 Å². The molecule has 26 heavy (non-hydrogen) atoms. The van der Waals surface area contributed by atoms with Crippen molar-refractivity contribution in [3.05, 3.63) is 59.4 Å². The minimum Gasteiger partial charge on any atom is -0.481 e. The Bertz CT molecular complexity index is 992. The molecule has 3 rings (SSSR count). The van der Waals surface area contributed by atoms with Gasteiger partial charge in [0.05, 0.1) is 17.5 Å². The molecule has 0 aliphatic heterocycles. The molecule has 2 aromatic carbocycles. The first-order valence-corrected chi connectivity index (χ1v) is 7.88. The molecule has 0 radical (unpaired) electrons. The van der Waals surface area contributed by atoms with E-state index in [1.165, 1.54) is 0 Å². The molecular formula is C18H17N5O3. The van der Waals surface area contributed by atoms with Crippen LogP contribution in [-0.2, 0) is 11.2 Å². The number of anilines is 1. The number of aromatic amines is 1. The SMILES string of the molecule is N=C(N)c1ccc(C(=O)Nc2ccc3nc(CCC(=O)O)[nH]c3c2)cc1. The summed E-state index contributed by atoms with van der Waals surface area (Å²) in [5, 5.41) is 18.9. The molecule has 0 spiro atoms. The molecule has 0 atom stereocenters. The Morgan fingerprint density at radius 1 is 1.15 bits per heavy atom. The van der Waals surface area contributed by atoms with Gasteiger partial charge < -0.3 is 21.1 Å². The Balaban J connectivity index is 1.74. The fourth-order valence-corrected chi connectivity index (χ4v) is 2.49. The highest BCUT2D eigenvalue weighted by atomic mass is 16.4. The summed E-state index contributed by atoms with van der Waals surface area (Å²) in [6, 6.07) is 11.7. The van der Waals surface area contributed by atoms with Crippen LogP contribution in [0.4, 0.5) is 5.69 Å². The van der Waals surface area contributed by atoms with Gasteiger partial charge in [-0.05, 0) is 30.3 Å². The molecule has 1 aromatic heterocycles. The van der Waals surface area contributed by atoms with E-state index in [0.29, 0.717) is 34.6 Å². The number of nitrogen functional groups attached to an aromatic ring is 1. The van der Waals surface area contributed by atoms with E-state index in [4.69, 9.17) is 16.2 Å². The van der Waals surface area contributed by atoms with Crippen LogP contribution in [0.15, 0.2) is 42.5 Å². The number of amidine groups is 1. The van der Waals surface area contributed by atoms with E-state index in [9.17, 15) is 9.59 Å². The van der Waals surface area contributed by atoms with E-state index < -0.39 is 5.97 Å². The molecule has 8 nitrogen and oxygen atoms in total. The number of carbonyl (C=O) groups excluding carboxylic acids is 1. The number of H-pyrrole nitrogens is 1. The number of fused-ring (bicyclic) bond motifs is 1. The molecule has 0 bridgehead atoms. The van der Waals surface area contributed by atoms with Gasteiger partial charge in [0.1, 0.15) is 11.7 Å². The summed E-state index contributed by atoms with van der Waals surface area (Å²) in [6.45, 7) is 0. The Morgan fingerprint density at radius 3 is 2.50 bits per heavy atom. The van der Waals surface area contributed by atoms with Gasteiger partial charge in [-0.1, -0.05) is 12.1 Å². The van der Waals surface area contributed by atoms with Gasteiger partial charge in [-0.3, -0.25) is 15.0 Å². The number of nitrogens with zero attached hydrogens (tertiary/aromatic N) is 1. The number of carboxylic acid groups (broad SMARTS) is 1. The van der Waals surface area contributed by atoms with Crippen molar-refractivity contribution in [2.45, 2.75) is 12.8 Å². The summed E-state index contributed by atoms with van der Waals surface area (Å²) >= 11 is 0. The number of hydrogen-bond acceptors (Lipinski definition) is 4. The molecule has 1 heterocycles. The van der Waals surface area contributed by atoms with Crippen LogP contribution in [0.2, 0.25) is 0 Å². The van der Waals surface area contributed by atoms with Crippen molar-refractivity contribution in [3.63, 3.8) is 0 Å². The van der Waals surface area contributed by atoms with Gasteiger partial charge in [0.15, 0.2) is 0 Å². The number of carboxylic acids is 1. The van der Waals surface area contributed by atoms with Gasteiger partial charge >= 0.3 is 5.97 Å². The number of nitrogens with two attached hydrogens (primary N) is 1. The lowest BCUT2D eigenvalue weighted by atomic mass is 10.1. The molecule has 1 amide bonds. The third-order valence-corrected chi connectivity index (χ3v) is 3.82. The van der Waals surface area contributed by atoms with E-state index >= 15 is 0 Å². The Kier molecular flexibility index (Phi) is 4.66. The minimum absolute atomic E-state index is 0.000324. The second-order valence-electron chi connectivity index (χ2n) is 5.75. The lowest BCUT2D eigenvalue weighted by molar-refractivity contribution is -0.137. The fraction of sp³-hybridized carbons (Fsp3) is 0.111. The summed E-state index contributed by atoms with van der Waals surface area (Å²) in [5.41, 5.74) is 8.40. The number of hydrogen-bond donors (Lipinski definition) is 5. The smallest absolute Gasteiger partial charge is 0.303 e. The quantitative estimate of drug-likeness (QED) is 0.341. The number of carbonyl (C=O) groups is 2. The molecule has 0 saturated heterocycles. The average Bonchev–Trinajstić information content (AvgIpc) is 3.02. The highest BCUT2D eigenvalue weighted by Crippen LogP contribution is 2.19. The highest BCUT2D eigenvalue weighted by Gasteiger charge is 2.09. The summed E-state index contributed by atoms with van der Waals surface area (Å²) in [4.78, 5) is 30.4. The number of rotatable bonds is 6. The monoisotopic (exact) mass is 351 g/mol. The van der Waals surface area contributed by atoms with Crippen LogP contribution < -0.4 is 11.1 Å². The molecule has 0 saturated carbocycles.